The number of pyridine rings is 1. The van der Waals surface area contributed by atoms with Crippen LogP contribution in [0.4, 0.5) is 0 Å². The van der Waals surface area contributed by atoms with Crippen LogP contribution in [0.15, 0.2) is 60.9 Å². The topological polar surface area (TPSA) is 77.6 Å². The molecule has 0 spiro atoms. The second-order valence-corrected chi connectivity index (χ2v) is 9.14. The average Bonchev–Trinajstić information content (AvgIpc) is 3.40. The molecule has 0 radical (unpaired) electrons. The van der Waals surface area contributed by atoms with Gasteiger partial charge in [0.25, 0.3) is 0 Å². The molecule has 3 aliphatic heterocycles. The minimum atomic E-state index is -0.237. The molecule has 33 heavy (non-hydrogen) atoms. The Morgan fingerprint density at radius 3 is 2.33 bits per heavy atom. The van der Waals surface area contributed by atoms with Gasteiger partial charge in [0.2, 0.25) is 11.8 Å². The van der Waals surface area contributed by atoms with E-state index in [-0.39, 0.29) is 29.8 Å². The molecule has 4 heterocycles. The summed E-state index contributed by atoms with van der Waals surface area (Å²) in [7, 11) is 0. The van der Waals surface area contributed by atoms with Gasteiger partial charge in [-0.1, -0.05) is 36.4 Å². The second kappa shape index (κ2) is 9.85. The first-order chi connectivity index (χ1) is 16.2. The van der Waals surface area contributed by atoms with Crippen molar-refractivity contribution in [1.29, 1.82) is 0 Å². The van der Waals surface area contributed by atoms with Crippen LogP contribution in [-0.4, -0.2) is 58.8 Å². The molecule has 2 unspecified atom stereocenters. The molecule has 2 atom stereocenters. The lowest BCUT2D eigenvalue weighted by Gasteiger charge is -2.36. The first-order valence-electron chi connectivity index (χ1n) is 11.9. The Morgan fingerprint density at radius 1 is 0.879 bits per heavy atom. The highest BCUT2D eigenvalue weighted by atomic mass is 16.2. The number of hydrazine groups is 1. The number of rotatable bonds is 4. The van der Waals surface area contributed by atoms with Crippen LogP contribution in [0.1, 0.15) is 42.9 Å². The van der Waals surface area contributed by atoms with Crippen molar-refractivity contribution < 1.29 is 9.59 Å². The molecule has 172 valence electrons. The van der Waals surface area contributed by atoms with E-state index in [0.717, 1.165) is 31.4 Å². The van der Waals surface area contributed by atoms with E-state index in [1.165, 1.54) is 11.1 Å². The maximum atomic E-state index is 13.1. The molecule has 5 rings (SSSR count). The molecule has 1 aromatic heterocycles. The van der Waals surface area contributed by atoms with E-state index >= 15 is 0 Å². The van der Waals surface area contributed by atoms with Crippen molar-refractivity contribution in [1.82, 2.24) is 25.6 Å². The fourth-order valence-corrected chi connectivity index (χ4v) is 5.14. The van der Waals surface area contributed by atoms with Crippen LogP contribution in [0.5, 0.6) is 0 Å². The summed E-state index contributed by atoms with van der Waals surface area (Å²) in [6.45, 7) is 2.74. The summed E-state index contributed by atoms with van der Waals surface area (Å²) >= 11 is 0. The summed E-state index contributed by atoms with van der Waals surface area (Å²) in [5.74, 6) is 0.377. The van der Waals surface area contributed by atoms with Crippen LogP contribution in [-0.2, 0) is 9.59 Å². The van der Waals surface area contributed by atoms with Gasteiger partial charge in [-0.2, -0.15) is 0 Å². The summed E-state index contributed by atoms with van der Waals surface area (Å²) in [5.41, 5.74) is 10.1. The summed E-state index contributed by atoms with van der Waals surface area (Å²) in [6.07, 6.45) is 8.82. The normalized spacial score (nSPS) is 23.9. The van der Waals surface area contributed by atoms with Crippen molar-refractivity contribution in [2.24, 2.45) is 5.92 Å². The molecule has 2 saturated heterocycles. The molecule has 3 aliphatic rings. The summed E-state index contributed by atoms with van der Waals surface area (Å²) in [5, 5.41) is 0. The molecule has 2 N–H and O–H groups in total. The van der Waals surface area contributed by atoms with Gasteiger partial charge in [0.05, 0.1) is 0 Å². The van der Waals surface area contributed by atoms with E-state index in [1.807, 2.05) is 28.0 Å². The van der Waals surface area contributed by atoms with E-state index in [1.54, 1.807) is 12.4 Å². The zero-order valence-corrected chi connectivity index (χ0v) is 18.8. The number of likely N-dealkylation sites (tertiary alicyclic amines) is 1. The molecule has 0 aliphatic carbocycles. The van der Waals surface area contributed by atoms with Gasteiger partial charge < -0.3 is 9.80 Å². The van der Waals surface area contributed by atoms with Gasteiger partial charge in [-0.25, -0.2) is 10.9 Å². The van der Waals surface area contributed by atoms with Crippen LogP contribution in [0.3, 0.4) is 0 Å². The minimum absolute atomic E-state index is 0.0138. The molecule has 2 amide bonds. The van der Waals surface area contributed by atoms with Gasteiger partial charge >= 0.3 is 0 Å². The third-order valence-corrected chi connectivity index (χ3v) is 7.13. The average molecular weight is 446 g/mol. The Hall–Kier alpha value is -3.03. The number of aromatic nitrogens is 1. The molecule has 0 bridgehead atoms. The lowest BCUT2D eigenvalue weighted by Crippen LogP contribution is -2.50. The van der Waals surface area contributed by atoms with Crippen LogP contribution in [0.2, 0.25) is 0 Å². The lowest BCUT2D eigenvalue weighted by molar-refractivity contribution is -0.141. The second-order valence-electron chi connectivity index (χ2n) is 9.14. The summed E-state index contributed by atoms with van der Waals surface area (Å²) in [6, 6.07) is 14.2. The zero-order chi connectivity index (χ0) is 22.6. The number of nitrogens with one attached hydrogen (secondary N) is 2. The van der Waals surface area contributed by atoms with Crippen molar-refractivity contribution in [2.75, 3.05) is 26.2 Å². The Balaban J connectivity index is 1.10. The van der Waals surface area contributed by atoms with Crippen molar-refractivity contribution in [3.05, 3.63) is 72.1 Å². The SMILES string of the molecule is O=C(C1CCN(C(=O)C2CC(c3ccncc3)NN2)CC1)N1CC=C(c2ccccc2)CC1. The van der Waals surface area contributed by atoms with E-state index in [9.17, 15) is 9.59 Å². The van der Waals surface area contributed by atoms with Crippen LogP contribution in [0.25, 0.3) is 5.57 Å². The van der Waals surface area contributed by atoms with Gasteiger partial charge in [-0.15, -0.1) is 0 Å². The third-order valence-electron chi connectivity index (χ3n) is 7.13. The Bertz CT molecular complexity index is 1000. The summed E-state index contributed by atoms with van der Waals surface area (Å²) < 4.78 is 0. The lowest BCUT2D eigenvalue weighted by atomic mass is 9.93. The molecule has 2 fully saturated rings. The van der Waals surface area contributed by atoms with E-state index in [4.69, 9.17) is 0 Å². The zero-order valence-electron chi connectivity index (χ0n) is 18.8. The molecule has 7 heteroatoms. The fourth-order valence-electron chi connectivity index (χ4n) is 5.14. The maximum absolute atomic E-state index is 13.1. The van der Waals surface area contributed by atoms with E-state index < -0.39 is 0 Å². The maximum Gasteiger partial charge on any atom is 0.241 e. The summed E-state index contributed by atoms with van der Waals surface area (Å²) in [4.78, 5) is 34.1. The van der Waals surface area contributed by atoms with Gasteiger partial charge in [0.15, 0.2) is 0 Å². The smallest absolute Gasteiger partial charge is 0.241 e. The van der Waals surface area contributed by atoms with Crippen LogP contribution >= 0.6 is 0 Å². The molecule has 0 saturated carbocycles. The number of nitrogens with zero attached hydrogens (tertiary/aromatic N) is 3. The van der Waals surface area contributed by atoms with Gasteiger partial charge in [0, 0.05) is 50.5 Å². The van der Waals surface area contributed by atoms with Crippen molar-refractivity contribution in [2.45, 2.75) is 37.8 Å². The highest BCUT2D eigenvalue weighted by Gasteiger charge is 2.36. The van der Waals surface area contributed by atoms with Gasteiger partial charge in [-0.3, -0.25) is 14.6 Å². The van der Waals surface area contributed by atoms with Gasteiger partial charge in [0.1, 0.15) is 6.04 Å². The number of carbonyl (C=O) groups is 2. The predicted molar refractivity (Wildman–Crippen MR) is 127 cm³/mol. The first kappa shape index (κ1) is 21.8. The monoisotopic (exact) mass is 445 g/mol. The van der Waals surface area contributed by atoms with Crippen molar-refractivity contribution in [3.63, 3.8) is 0 Å². The molecular weight excluding hydrogens is 414 g/mol. The number of carbonyl (C=O) groups excluding carboxylic acids is 2. The van der Waals surface area contributed by atoms with Crippen molar-refractivity contribution in [3.8, 4) is 0 Å². The standard InChI is InChI=1S/C26H31N5O2/c32-25(30-14-8-20(9-15-30)19-4-2-1-3-5-19)22-10-16-31(17-11-22)26(33)24-18-23(28-29-24)21-6-12-27-13-7-21/h1-8,12-13,22-24,28-29H,9-11,14-18H2. The number of amides is 2. The molecular formula is C26H31N5O2. The third kappa shape index (κ3) is 4.84. The van der Waals surface area contributed by atoms with E-state index in [2.05, 4.69) is 46.2 Å². The Kier molecular flexibility index (Phi) is 6.51. The fraction of sp³-hybridized carbons (Fsp3) is 0.423. The number of hydrogen-bond donors (Lipinski definition) is 2. The van der Waals surface area contributed by atoms with Crippen LogP contribution in [0, 0.1) is 5.92 Å². The predicted octanol–water partition coefficient (Wildman–Crippen LogP) is 2.54. The van der Waals surface area contributed by atoms with Gasteiger partial charge in [-0.05, 0) is 54.5 Å². The highest BCUT2D eigenvalue weighted by Crippen LogP contribution is 2.27. The van der Waals surface area contributed by atoms with Crippen molar-refractivity contribution >= 4 is 17.4 Å². The number of hydrogen-bond acceptors (Lipinski definition) is 5. The van der Waals surface area contributed by atoms with E-state index in [0.29, 0.717) is 26.1 Å². The number of benzene rings is 1. The minimum Gasteiger partial charge on any atom is -0.341 e. The molecule has 7 nitrogen and oxygen atoms in total. The van der Waals surface area contributed by atoms with Crippen LogP contribution < -0.4 is 10.9 Å². The Labute approximate surface area is 194 Å². The quantitative estimate of drug-likeness (QED) is 0.756. The molecule has 2 aromatic rings. The largest absolute Gasteiger partial charge is 0.341 e. The number of piperidine rings is 1. The Morgan fingerprint density at radius 2 is 1.64 bits per heavy atom. The first-order valence-corrected chi connectivity index (χ1v) is 11.9. The highest BCUT2D eigenvalue weighted by molar-refractivity contribution is 5.84. The molecule has 1 aromatic carbocycles.